The molecular weight excluding hydrogens is 272 g/mol. The summed E-state index contributed by atoms with van der Waals surface area (Å²) in [5.74, 6) is -0.561. The van der Waals surface area contributed by atoms with E-state index in [0.717, 1.165) is 11.8 Å². The lowest BCUT2D eigenvalue weighted by molar-refractivity contribution is -0.387. The van der Waals surface area contributed by atoms with Crippen molar-refractivity contribution in [3.8, 4) is 0 Å². The van der Waals surface area contributed by atoms with Crippen LogP contribution in [0.3, 0.4) is 0 Å². The molecule has 19 heavy (non-hydrogen) atoms. The van der Waals surface area contributed by atoms with Gasteiger partial charge < -0.3 is 4.74 Å². The highest BCUT2D eigenvalue weighted by molar-refractivity contribution is 7.99. The molecule has 0 bridgehead atoms. The quantitative estimate of drug-likeness (QED) is 0.515. The van der Waals surface area contributed by atoms with Gasteiger partial charge in [-0.3, -0.25) is 15.2 Å². The van der Waals surface area contributed by atoms with E-state index < -0.39 is 10.9 Å². The number of methoxy groups -OCH3 is 1. The molecule has 1 aromatic carbocycles. The van der Waals surface area contributed by atoms with E-state index in [9.17, 15) is 14.9 Å². The molecule has 0 saturated carbocycles. The van der Waals surface area contributed by atoms with E-state index in [2.05, 4.69) is 19.9 Å². The van der Waals surface area contributed by atoms with Crippen LogP contribution in [0.2, 0.25) is 0 Å². The van der Waals surface area contributed by atoms with E-state index in [0.29, 0.717) is 5.16 Å². The van der Waals surface area contributed by atoms with Crippen LogP contribution in [0.5, 0.6) is 0 Å². The normalized spacial score (nSPS) is 10.2. The van der Waals surface area contributed by atoms with Crippen molar-refractivity contribution in [1.29, 1.82) is 0 Å². The van der Waals surface area contributed by atoms with Crippen LogP contribution in [0, 0.1) is 10.1 Å². The summed E-state index contributed by atoms with van der Waals surface area (Å²) < 4.78 is 4.57. The Morgan fingerprint density at radius 1 is 1.53 bits per heavy atom. The highest BCUT2D eigenvalue weighted by atomic mass is 32.2. The highest BCUT2D eigenvalue weighted by Crippen LogP contribution is 2.33. The lowest BCUT2D eigenvalue weighted by Crippen LogP contribution is -2.02. The van der Waals surface area contributed by atoms with Gasteiger partial charge in [-0.25, -0.2) is 9.78 Å². The second-order valence-corrected chi connectivity index (χ2v) is 4.35. The topological polar surface area (TPSA) is 111 Å². The summed E-state index contributed by atoms with van der Waals surface area (Å²) in [6.45, 7) is 0. The number of carbonyl (C=O) groups is 1. The Morgan fingerprint density at radius 2 is 2.32 bits per heavy atom. The van der Waals surface area contributed by atoms with E-state index in [-0.39, 0.29) is 16.1 Å². The number of benzene rings is 1. The van der Waals surface area contributed by atoms with E-state index in [1.807, 2.05) is 0 Å². The van der Waals surface area contributed by atoms with Gasteiger partial charge in [-0.15, -0.1) is 0 Å². The molecule has 0 aliphatic rings. The van der Waals surface area contributed by atoms with Crippen LogP contribution in [0.4, 0.5) is 5.69 Å². The van der Waals surface area contributed by atoms with Gasteiger partial charge in [0.25, 0.3) is 5.69 Å². The third-order valence-corrected chi connectivity index (χ3v) is 3.11. The average Bonchev–Trinajstić information content (AvgIpc) is 2.90. The van der Waals surface area contributed by atoms with Gasteiger partial charge in [-0.1, -0.05) is 0 Å². The molecule has 0 aliphatic carbocycles. The van der Waals surface area contributed by atoms with Crippen LogP contribution in [0.1, 0.15) is 10.4 Å². The third kappa shape index (κ3) is 2.88. The number of nitrogens with one attached hydrogen (secondary N) is 1. The van der Waals surface area contributed by atoms with Gasteiger partial charge in [0.1, 0.15) is 6.33 Å². The largest absolute Gasteiger partial charge is 0.465 e. The molecule has 0 aliphatic heterocycles. The van der Waals surface area contributed by atoms with Gasteiger partial charge >= 0.3 is 5.97 Å². The molecular formula is C10H8N4O4S. The van der Waals surface area contributed by atoms with Crippen LogP contribution in [-0.4, -0.2) is 33.2 Å². The molecule has 8 nitrogen and oxygen atoms in total. The molecule has 98 valence electrons. The zero-order valence-corrected chi connectivity index (χ0v) is 10.5. The Morgan fingerprint density at radius 3 is 2.89 bits per heavy atom. The predicted octanol–water partition coefficient (Wildman–Crippen LogP) is 1.65. The van der Waals surface area contributed by atoms with E-state index in [4.69, 9.17) is 0 Å². The fourth-order valence-electron chi connectivity index (χ4n) is 1.34. The van der Waals surface area contributed by atoms with Crippen molar-refractivity contribution in [2.24, 2.45) is 0 Å². The first-order chi connectivity index (χ1) is 9.11. The number of aromatic nitrogens is 3. The molecule has 0 amide bonds. The first-order valence-corrected chi connectivity index (χ1v) is 5.83. The predicted molar refractivity (Wildman–Crippen MR) is 64.9 cm³/mol. The number of aromatic amines is 1. The van der Waals surface area contributed by atoms with Gasteiger partial charge in [0.15, 0.2) is 5.16 Å². The summed E-state index contributed by atoms with van der Waals surface area (Å²) in [6, 6.07) is 3.98. The summed E-state index contributed by atoms with van der Waals surface area (Å²) in [5.41, 5.74) is 0.115. The lowest BCUT2D eigenvalue weighted by Gasteiger charge is -2.03. The summed E-state index contributed by atoms with van der Waals surface area (Å²) in [4.78, 5) is 26.0. The average molecular weight is 280 g/mol. The zero-order chi connectivity index (χ0) is 13.8. The molecule has 0 radical (unpaired) electrons. The molecule has 0 unspecified atom stereocenters. The van der Waals surface area contributed by atoms with Crippen LogP contribution in [0.25, 0.3) is 0 Å². The minimum atomic E-state index is -0.561. The Kier molecular flexibility index (Phi) is 3.76. The number of nitro groups is 1. The molecule has 2 rings (SSSR count). The number of carbonyl (C=O) groups excluding carboxylic acids is 1. The zero-order valence-electron chi connectivity index (χ0n) is 9.69. The fraction of sp³-hybridized carbons (Fsp3) is 0.100. The molecule has 2 aromatic rings. The van der Waals surface area contributed by atoms with E-state index in [1.165, 1.54) is 31.6 Å². The van der Waals surface area contributed by atoms with Gasteiger partial charge in [0.05, 0.1) is 22.5 Å². The number of nitro benzene ring substituents is 1. The highest BCUT2D eigenvalue weighted by Gasteiger charge is 2.19. The molecule has 1 heterocycles. The summed E-state index contributed by atoms with van der Waals surface area (Å²) in [6.07, 6.45) is 1.29. The molecule has 0 atom stereocenters. The van der Waals surface area contributed by atoms with Crippen molar-refractivity contribution in [2.75, 3.05) is 7.11 Å². The maximum atomic E-state index is 11.4. The lowest BCUT2D eigenvalue weighted by atomic mass is 10.2. The molecule has 0 fully saturated rings. The molecule has 0 spiro atoms. The van der Waals surface area contributed by atoms with Crippen LogP contribution >= 0.6 is 11.8 Å². The van der Waals surface area contributed by atoms with Gasteiger partial charge in [-0.05, 0) is 23.9 Å². The number of hydrogen-bond acceptors (Lipinski definition) is 7. The first kappa shape index (κ1) is 13.0. The van der Waals surface area contributed by atoms with Crippen LogP contribution in [-0.2, 0) is 4.74 Å². The van der Waals surface area contributed by atoms with Crippen LogP contribution in [0.15, 0.2) is 34.6 Å². The second-order valence-electron chi connectivity index (χ2n) is 3.32. The molecule has 0 saturated heterocycles. The van der Waals surface area contributed by atoms with E-state index in [1.54, 1.807) is 0 Å². The van der Waals surface area contributed by atoms with Crippen molar-refractivity contribution in [2.45, 2.75) is 10.1 Å². The van der Waals surface area contributed by atoms with Gasteiger partial charge in [0.2, 0.25) is 0 Å². The SMILES string of the molecule is COC(=O)c1ccc([N+](=O)[O-])c(Sc2ncn[nH]2)c1. The molecule has 1 aromatic heterocycles. The Bertz CT molecular complexity index is 614. The molecule has 9 heteroatoms. The number of ether oxygens (including phenoxy) is 1. The Balaban J connectivity index is 2.41. The standard InChI is InChI=1S/C10H8N4O4S/c1-18-9(15)6-2-3-7(14(16)17)8(4-6)19-10-11-5-12-13-10/h2-5H,1H3,(H,11,12,13). The minimum absolute atomic E-state index is 0.117. The van der Waals surface area contributed by atoms with Crippen molar-refractivity contribution in [1.82, 2.24) is 15.2 Å². The number of rotatable bonds is 4. The van der Waals surface area contributed by atoms with E-state index >= 15 is 0 Å². The summed E-state index contributed by atoms with van der Waals surface area (Å²) in [7, 11) is 1.24. The monoisotopic (exact) mass is 280 g/mol. The van der Waals surface area contributed by atoms with Crippen molar-refractivity contribution >= 4 is 23.4 Å². The van der Waals surface area contributed by atoms with Gasteiger partial charge in [0, 0.05) is 6.07 Å². The molecule has 1 N–H and O–H groups in total. The van der Waals surface area contributed by atoms with Crippen molar-refractivity contribution < 1.29 is 14.5 Å². The summed E-state index contributed by atoms with van der Waals surface area (Å²) in [5, 5.41) is 17.6. The van der Waals surface area contributed by atoms with Crippen LogP contribution < -0.4 is 0 Å². The Hall–Kier alpha value is -2.42. The third-order valence-electron chi connectivity index (χ3n) is 2.18. The maximum Gasteiger partial charge on any atom is 0.337 e. The summed E-state index contributed by atoms with van der Waals surface area (Å²) >= 11 is 1.01. The van der Waals surface area contributed by atoms with Gasteiger partial charge in [-0.2, -0.15) is 5.10 Å². The number of esters is 1. The number of H-pyrrole nitrogens is 1. The fourth-order valence-corrected chi connectivity index (χ4v) is 2.18. The smallest absolute Gasteiger partial charge is 0.337 e. The minimum Gasteiger partial charge on any atom is -0.465 e. The second kappa shape index (κ2) is 5.48. The van der Waals surface area contributed by atoms with Crippen molar-refractivity contribution in [3.63, 3.8) is 0 Å². The number of hydrogen-bond donors (Lipinski definition) is 1. The number of nitrogens with zero attached hydrogens (tertiary/aromatic N) is 3. The Labute approximate surface area is 111 Å². The van der Waals surface area contributed by atoms with Crippen molar-refractivity contribution in [3.05, 3.63) is 40.2 Å². The maximum absolute atomic E-state index is 11.4. The first-order valence-electron chi connectivity index (χ1n) is 5.02.